The van der Waals surface area contributed by atoms with Gasteiger partial charge in [-0.05, 0) is 6.92 Å². The Morgan fingerprint density at radius 1 is 1.11 bits per heavy atom. The van der Waals surface area contributed by atoms with Crippen molar-refractivity contribution in [1.29, 1.82) is 0 Å². The third-order valence-electron chi connectivity index (χ3n) is 5.04. The molecule has 0 saturated carbocycles. The molecule has 10 nitrogen and oxygen atoms in total. The lowest BCUT2D eigenvalue weighted by atomic mass is 9.78. The Morgan fingerprint density at radius 3 is 2.48 bits per heavy atom. The van der Waals surface area contributed by atoms with Gasteiger partial charge in [-0.15, -0.1) is 5.10 Å². The molecule has 0 unspecified atom stereocenters. The molecule has 0 aliphatic carbocycles. The number of nitrogens with zero attached hydrogens (tertiary/aromatic N) is 8. The van der Waals surface area contributed by atoms with Crippen molar-refractivity contribution < 1.29 is 9.26 Å². The van der Waals surface area contributed by atoms with Crippen molar-refractivity contribution in [2.24, 2.45) is 5.41 Å². The SMILES string of the molecule is Cc1noc(Cn2nnc3c(N4CC5(COC5)C4)nc(C(C)(C)C)nc32)n1. The number of hydrogen-bond acceptors (Lipinski definition) is 9. The molecule has 5 rings (SSSR count). The van der Waals surface area contributed by atoms with Crippen LogP contribution in [0.25, 0.3) is 11.2 Å². The first kappa shape index (κ1) is 16.5. The third kappa shape index (κ3) is 2.66. The predicted octanol–water partition coefficient (Wildman–Crippen LogP) is 1.10. The summed E-state index contributed by atoms with van der Waals surface area (Å²) in [5, 5.41) is 12.5. The van der Waals surface area contributed by atoms with Gasteiger partial charge in [-0.25, -0.2) is 14.6 Å². The maximum absolute atomic E-state index is 5.39. The van der Waals surface area contributed by atoms with E-state index in [-0.39, 0.29) is 10.8 Å². The van der Waals surface area contributed by atoms with Crippen LogP contribution in [0, 0.1) is 12.3 Å². The van der Waals surface area contributed by atoms with E-state index < -0.39 is 0 Å². The van der Waals surface area contributed by atoms with Crippen LogP contribution in [0.5, 0.6) is 0 Å². The molecule has 3 aromatic heterocycles. The molecule has 2 aliphatic heterocycles. The first-order valence-electron chi connectivity index (χ1n) is 9.07. The summed E-state index contributed by atoms with van der Waals surface area (Å²) >= 11 is 0. The lowest BCUT2D eigenvalue weighted by Crippen LogP contribution is -2.66. The van der Waals surface area contributed by atoms with E-state index in [0.717, 1.165) is 37.9 Å². The smallest absolute Gasteiger partial charge is 0.248 e. The van der Waals surface area contributed by atoms with Crippen molar-refractivity contribution in [3.8, 4) is 0 Å². The minimum absolute atomic E-state index is 0.193. The molecule has 2 aliphatic rings. The Balaban J connectivity index is 1.57. The molecule has 0 amide bonds. The van der Waals surface area contributed by atoms with Gasteiger partial charge in [0.25, 0.3) is 0 Å². The highest BCUT2D eigenvalue weighted by Crippen LogP contribution is 2.41. The predicted molar refractivity (Wildman–Crippen MR) is 95.4 cm³/mol. The summed E-state index contributed by atoms with van der Waals surface area (Å²) in [6, 6.07) is 0. The molecule has 142 valence electrons. The number of hydrogen-bond donors (Lipinski definition) is 0. The fourth-order valence-corrected chi connectivity index (χ4v) is 3.52. The van der Waals surface area contributed by atoms with Gasteiger partial charge in [0, 0.05) is 18.5 Å². The Bertz CT molecular complexity index is 1010. The molecule has 0 radical (unpaired) electrons. The van der Waals surface area contributed by atoms with Gasteiger partial charge in [-0.1, -0.05) is 31.1 Å². The minimum Gasteiger partial charge on any atom is -0.380 e. The molecule has 10 heteroatoms. The van der Waals surface area contributed by atoms with Crippen LogP contribution in [-0.2, 0) is 16.7 Å². The Hall–Kier alpha value is -2.62. The van der Waals surface area contributed by atoms with Crippen LogP contribution in [0.1, 0.15) is 38.3 Å². The average Bonchev–Trinajstić information content (AvgIpc) is 3.10. The molecule has 0 aromatic carbocycles. The van der Waals surface area contributed by atoms with E-state index in [1.54, 1.807) is 11.6 Å². The summed E-state index contributed by atoms with van der Waals surface area (Å²) < 4.78 is 12.3. The lowest BCUT2D eigenvalue weighted by Gasteiger charge is -2.55. The second-order valence-corrected chi connectivity index (χ2v) is 8.62. The van der Waals surface area contributed by atoms with Crippen LogP contribution in [-0.4, -0.2) is 61.4 Å². The molecule has 5 heterocycles. The summed E-state index contributed by atoms with van der Waals surface area (Å²) in [7, 11) is 0. The summed E-state index contributed by atoms with van der Waals surface area (Å²) in [5.74, 6) is 2.68. The topological polar surface area (TPSA) is 108 Å². The zero-order valence-corrected chi connectivity index (χ0v) is 15.9. The molecule has 27 heavy (non-hydrogen) atoms. The van der Waals surface area contributed by atoms with Gasteiger partial charge in [0.1, 0.15) is 12.4 Å². The highest BCUT2D eigenvalue weighted by atomic mass is 16.5. The molecular formula is C17H22N8O2. The highest BCUT2D eigenvalue weighted by molar-refractivity contribution is 5.83. The minimum atomic E-state index is -0.193. The monoisotopic (exact) mass is 370 g/mol. The Labute approximate surface area is 155 Å². The van der Waals surface area contributed by atoms with Crippen molar-refractivity contribution in [3.05, 3.63) is 17.5 Å². The standard InChI is InChI=1S/C17H22N8O2/c1-10-18-11(27-22-10)5-25-14-12(21-23-25)13(19-15(20-14)16(2,3)4)24-6-17(7-24)8-26-9-17/h5-9H2,1-4H3. The van der Waals surface area contributed by atoms with E-state index in [9.17, 15) is 0 Å². The maximum atomic E-state index is 5.39. The molecule has 0 bridgehead atoms. The number of fused-ring (bicyclic) bond motifs is 1. The molecular weight excluding hydrogens is 348 g/mol. The van der Waals surface area contributed by atoms with Crippen LogP contribution in [0.3, 0.4) is 0 Å². The van der Waals surface area contributed by atoms with Gasteiger partial charge < -0.3 is 14.2 Å². The lowest BCUT2D eigenvalue weighted by molar-refractivity contribution is -0.127. The fourth-order valence-electron chi connectivity index (χ4n) is 3.52. The van der Waals surface area contributed by atoms with Crippen LogP contribution in [0.2, 0.25) is 0 Å². The first-order valence-corrected chi connectivity index (χ1v) is 9.07. The molecule has 0 atom stereocenters. The largest absolute Gasteiger partial charge is 0.380 e. The normalized spacial score (nSPS) is 18.7. The van der Waals surface area contributed by atoms with E-state index in [4.69, 9.17) is 19.2 Å². The molecule has 2 saturated heterocycles. The number of aryl methyl sites for hydroxylation is 1. The number of anilines is 1. The number of ether oxygens (including phenoxy) is 1. The van der Waals surface area contributed by atoms with Crippen molar-refractivity contribution >= 4 is 17.0 Å². The van der Waals surface area contributed by atoms with Crippen molar-refractivity contribution in [2.45, 2.75) is 39.7 Å². The van der Waals surface area contributed by atoms with E-state index in [1.165, 1.54) is 0 Å². The zero-order chi connectivity index (χ0) is 18.8. The van der Waals surface area contributed by atoms with Gasteiger partial charge in [-0.3, -0.25) is 0 Å². The second-order valence-electron chi connectivity index (χ2n) is 8.62. The van der Waals surface area contributed by atoms with Crippen molar-refractivity contribution in [2.75, 3.05) is 31.2 Å². The third-order valence-corrected chi connectivity index (χ3v) is 5.04. The van der Waals surface area contributed by atoms with Gasteiger partial charge in [0.15, 0.2) is 22.8 Å². The van der Waals surface area contributed by atoms with E-state index >= 15 is 0 Å². The van der Waals surface area contributed by atoms with Gasteiger partial charge >= 0.3 is 0 Å². The zero-order valence-electron chi connectivity index (χ0n) is 15.9. The van der Waals surface area contributed by atoms with Crippen LogP contribution in [0.15, 0.2) is 4.52 Å². The van der Waals surface area contributed by atoms with Gasteiger partial charge in [-0.2, -0.15) is 4.98 Å². The summed E-state index contributed by atoms with van der Waals surface area (Å²) in [4.78, 5) is 16.1. The van der Waals surface area contributed by atoms with Crippen molar-refractivity contribution in [3.63, 3.8) is 0 Å². The molecule has 0 N–H and O–H groups in total. The number of rotatable bonds is 3. The Kier molecular flexibility index (Phi) is 3.34. The van der Waals surface area contributed by atoms with E-state index in [2.05, 4.69) is 46.1 Å². The summed E-state index contributed by atoms with van der Waals surface area (Å²) in [6.45, 7) is 11.9. The van der Waals surface area contributed by atoms with Crippen LogP contribution < -0.4 is 4.90 Å². The molecule has 1 spiro atoms. The highest BCUT2D eigenvalue weighted by Gasteiger charge is 2.50. The van der Waals surface area contributed by atoms with Crippen LogP contribution in [0.4, 0.5) is 5.82 Å². The van der Waals surface area contributed by atoms with E-state index in [1.807, 2.05) is 0 Å². The number of aromatic nitrogens is 7. The second kappa shape index (κ2) is 5.44. The summed E-state index contributed by atoms with van der Waals surface area (Å²) in [5.41, 5.74) is 1.48. The quantitative estimate of drug-likeness (QED) is 0.669. The summed E-state index contributed by atoms with van der Waals surface area (Å²) in [6.07, 6.45) is 0. The maximum Gasteiger partial charge on any atom is 0.248 e. The van der Waals surface area contributed by atoms with Gasteiger partial charge in [0.2, 0.25) is 5.89 Å². The van der Waals surface area contributed by atoms with Crippen LogP contribution >= 0.6 is 0 Å². The Morgan fingerprint density at radius 2 is 1.89 bits per heavy atom. The van der Waals surface area contributed by atoms with Gasteiger partial charge in [0.05, 0.1) is 18.6 Å². The average molecular weight is 370 g/mol. The fraction of sp³-hybridized carbons (Fsp3) is 0.647. The van der Waals surface area contributed by atoms with E-state index in [0.29, 0.717) is 29.4 Å². The first-order chi connectivity index (χ1) is 12.8. The molecule has 3 aromatic rings. The molecule has 2 fully saturated rings. The van der Waals surface area contributed by atoms with Crippen molar-refractivity contribution in [1.82, 2.24) is 35.1 Å².